The van der Waals surface area contributed by atoms with E-state index in [1.165, 1.54) is 99.3 Å². The Kier molecular flexibility index (Phi) is 10.7. The fraction of sp³-hybridized carbons (Fsp3) is 0.0513. The average molecular weight is 1030 g/mol. The average Bonchev–Trinajstić information content (AvgIpc) is 4.37. The van der Waals surface area contributed by atoms with Gasteiger partial charge in [-0.05, 0) is 146 Å². The monoisotopic (exact) mass is 1030 g/mol. The van der Waals surface area contributed by atoms with E-state index in [1.807, 2.05) is 0 Å². The van der Waals surface area contributed by atoms with Crippen molar-refractivity contribution >= 4 is 66.7 Å². The Hall–Kier alpha value is -10.2. The summed E-state index contributed by atoms with van der Waals surface area (Å²) in [6, 6.07) is 113. The Labute approximate surface area is 472 Å². The summed E-state index contributed by atoms with van der Waals surface area (Å²) in [6.45, 7) is 3.11. The van der Waals surface area contributed by atoms with Crippen molar-refractivity contribution in [2.45, 2.75) is 24.3 Å². The van der Waals surface area contributed by atoms with Crippen molar-refractivity contribution in [3.05, 3.63) is 348 Å². The van der Waals surface area contributed by atoms with Gasteiger partial charge in [0.2, 0.25) is 0 Å². The van der Waals surface area contributed by atoms with Crippen LogP contribution in [0.3, 0.4) is 0 Å². The third kappa shape index (κ3) is 6.70. The van der Waals surface area contributed by atoms with E-state index in [-0.39, 0.29) is 0 Å². The molecule has 0 fully saturated rings. The van der Waals surface area contributed by atoms with Crippen LogP contribution >= 0.6 is 0 Å². The molecule has 3 nitrogen and oxygen atoms in total. The van der Waals surface area contributed by atoms with Gasteiger partial charge in [-0.15, -0.1) is 0 Å². The Balaban J connectivity index is 0.920. The maximum atomic E-state index is 2.51. The number of aryl methyl sites for hydroxylation is 1. The summed E-state index contributed by atoms with van der Waals surface area (Å²) in [7, 11) is 0. The second-order valence-corrected chi connectivity index (χ2v) is 21.7. The molecule has 14 aromatic rings. The molecule has 0 bridgehead atoms. The lowest BCUT2D eigenvalue weighted by atomic mass is 9.67. The predicted octanol–water partition coefficient (Wildman–Crippen LogP) is 20.1. The summed E-state index contributed by atoms with van der Waals surface area (Å²) < 4.78 is 2.51. The normalized spacial score (nSPS) is 13.5. The molecule has 0 atom stereocenters. The molecule has 0 saturated heterocycles. The maximum Gasteiger partial charge on any atom is 0.0714 e. The SMILES string of the molecule is CCn1c2ccc(N(c3ccccc3)c3ccc4c(c3)C(c3ccccc3)(c3ccccc3)c3ccccc3-4)c3ccc4c(N(c5ccccc5)c5ccc6c(c5)C(c5ccccc5)(c5ccccc5)c5ccccc5-6)ccc1c4c32. The first-order chi connectivity index (χ1) is 40.2. The summed E-state index contributed by atoms with van der Waals surface area (Å²) in [5.74, 6) is 0. The van der Waals surface area contributed by atoms with Crippen molar-refractivity contribution in [1.29, 1.82) is 0 Å². The topological polar surface area (TPSA) is 11.4 Å². The maximum absolute atomic E-state index is 2.51. The third-order valence-electron chi connectivity index (χ3n) is 17.9. The lowest BCUT2D eigenvalue weighted by molar-refractivity contribution is 0.768. The molecule has 1 heterocycles. The van der Waals surface area contributed by atoms with Gasteiger partial charge in [-0.25, -0.2) is 0 Å². The quantitative estimate of drug-likeness (QED) is 0.120. The molecule has 81 heavy (non-hydrogen) atoms. The Bertz CT molecular complexity index is 4290. The highest BCUT2D eigenvalue weighted by Crippen LogP contribution is 2.60. The minimum Gasteiger partial charge on any atom is -0.341 e. The molecule has 16 rings (SSSR count). The molecule has 0 aliphatic heterocycles. The van der Waals surface area contributed by atoms with Crippen LogP contribution < -0.4 is 9.80 Å². The first kappa shape index (κ1) is 46.8. The molecule has 13 aromatic carbocycles. The van der Waals surface area contributed by atoms with Crippen LogP contribution in [0.1, 0.15) is 51.4 Å². The Morgan fingerprint density at radius 3 is 0.963 bits per heavy atom. The van der Waals surface area contributed by atoms with E-state index >= 15 is 0 Å². The molecular weight excluding hydrogens is 979 g/mol. The summed E-state index contributed by atoms with van der Waals surface area (Å²) in [4.78, 5) is 5.00. The number of aromatic nitrogens is 1. The highest BCUT2D eigenvalue weighted by Gasteiger charge is 2.48. The van der Waals surface area contributed by atoms with E-state index in [1.54, 1.807) is 0 Å². The van der Waals surface area contributed by atoms with Gasteiger partial charge in [0.15, 0.2) is 0 Å². The van der Waals surface area contributed by atoms with Crippen molar-refractivity contribution in [3.63, 3.8) is 0 Å². The van der Waals surface area contributed by atoms with Crippen LogP contribution in [-0.2, 0) is 17.4 Å². The van der Waals surface area contributed by atoms with Crippen LogP contribution in [0.5, 0.6) is 0 Å². The fourth-order valence-corrected chi connectivity index (χ4v) is 14.7. The summed E-state index contributed by atoms with van der Waals surface area (Å²) in [5, 5.41) is 4.95. The van der Waals surface area contributed by atoms with Crippen molar-refractivity contribution in [1.82, 2.24) is 4.57 Å². The van der Waals surface area contributed by atoms with Gasteiger partial charge in [0.05, 0.1) is 22.2 Å². The Morgan fingerprint density at radius 2 is 0.605 bits per heavy atom. The first-order valence-electron chi connectivity index (χ1n) is 28.4. The van der Waals surface area contributed by atoms with Crippen LogP contribution in [0.15, 0.2) is 303 Å². The van der Waals surface area contributed by atoms with Gasteiger partial charge in [-0.2, -0.15) is 0 Å². The fourth-order valence-electron chi connectivity index (χ4n) is 14.7. The molecule has 0 amide bonds. The van der Waals surface area contributed by atoms with Crippen LogP contribution in [0.2, 0.25) is 0 Å². The highest BCUT2D eigenvalue weighted by molar-refractivity contribution is 6.28. The minimum absolute atomic E-state index is 0.539. The number of para-hydroxylation sites is 2. The molecule has 3 heteroatoms. The zero-order chi connectivity index (χ0) is 53.7. The second kappa shape index (κ2) is 18.4. The zero-order valence-corrected chi connectivity index (χ0v) is 44.9. The molecule has 0 radical (unpaired) electrons. The van der Waals surface area contributed by atoms with Crippen molar-refractivity contribution in [3.8, 4) is 22.3 Å². The van der Waals surface area contributed by atoms with E-state index in [4.69, 9.17) is 0 Å². The van der Waals surface area contributed by atoms with Crippen LogP contribution in [0.25, 0.3) is 54.8 Å². The number of nitrogens with zero attached hydrogens (tertiary/aromatic N) is 3. The largest absolute Gasteiger partial charge is 0.341 e. The van der Waals surface area contributed by atoms with Crippen molar-refractivity contribution < 1.29 is 0 Å². The molecule has 0 unspecified atom stereocenters. The molecule has 382 valence electrons. The van der Waals surface area contributed by atoms with Crippen LogP contribution in [0, 0.1) is 0 Å². The minimum atomic E-state index is -0.539. The lowest BCUT2D eigenvalue weighted by Crippen LogP contribution is -2.28. The number of fused-ring (bicyclic) bond motifs is 6. The standard InChI is InChI=1S/C78H55N3/c1-2-79-73-49-47-71(80(57-33-17-7-18-34-57)59-41-43-63-61-37-21-23-39-67(61)77(69(63)51-59,53-25-9-3-10-26-53)54-27-11-4-12-28-54)65-45-46-66-72(48-50-74(79)76(66)75(65)73)81(58-35-19-8-20-36-58)60-42-44-64-62-38-22-24-40-68(62)78(70(64)52-60,55-29-13-5-14-30-55)56-31-15-6-16-32-56/h3-52H,2H2,1H3. The van der Waals surface area contributed by atoms with Gasteiger partial charge in [-0.3, -0.25) is 0 Å². The molecular formula is C78H55N3. The molecule has 2 aliphatic rings. The number of benzene rings is 13. The zero-order valence-electron chi connectivity index (χ0n) is 44.9. The molecule has 2 aliphatic carbocycles. The number of rotatable bonds is 11. The van der Waals surface area contributed by atoms with E-state index in [9.17, 15) is 0 Å². The van der Waals surface area contributed by atoms with Crippen LogP contribution in [-0.4, -0.2) is 4.57 Å². The molecule has 0 saturated carbocycles. The van der Waals surface area contributed by atoms with E-state index in [0.29, 0.717) is 0 Å². The summed E-state index contributed by atoms with van der Waals surface area (Å²) >= 11 is 0. The van der Waals surface area contributed by atoms with E-state index < -0.39 is 10.8 Å². The predicted molar refractivity (Wildman–Crippen MR) is 338 cm³/mol. The third-order valence-corrected chi connectivity index (χ3v) is 17.9. The van der Waals surface area contributed by atoms with E-state index in [2.05, 4.69) is 325 Å². The van der Waals surface area contributed by atoms with Crippen molar-refractivity contribution in [2.75, 3.05) is 9.80 Å². The summed E-state index contributed by atoms with van der Waals surface area (Å²) in [5.41, 5.74) is 23.3. The molecule has 1 aromatic heterocycles. The van der Waals surface area contributed by atoms with Gasteiger partial charge >= 0.3 is 0 Å². The molecule has 0 spiro atoms. The Morgan fingerprint density at radius 1 is 0.284 bits per heavy atom. The number of anilines is 6. The smallest absolute Gasteiger partial charge is 0.0714 e. The van der Waals surface area contributed by atoms with Crippen LogP contribution in [0.4, 0.5) is 34.1 Å². The van der Waals surface area contributed by atoms with Gasteiger partial charge in [0, 0.05) is 61.9 Å². The molecule has 0 N–H and O–H groups in total. The van der Waals surface area contributed by atoms with Gasteiger partial charge < -0.3 is 14.4 Å². The van der Waals surface area contributed by atoms with Gasteiger partial charge in [-0.1, -0.05) is 231 Å². The lowest BCUT2D eigenvalue weighted by Gasteiger charge is -2.35. The highest BCUT2D eigenvalue weighted by atomic mass is 15.2. The van der Waals surface area contributed by atoms with E-state index in [0.717, 1.165) is 40.7 Å². The van der Waals surface area contributed by atoms with Gasteiger partial charge in [0.25, 0.3) is 0 Å². The second-order valence-electron chi connectivity index (χ2n) is 21.7. The number of hydrogen-bond acceptors (Lipinski definition) is 2. The summed E-state index contributed by atoms with van der Waals surface area (Å²) in [6.07, 6.45) is 0. The number of hydrogen-bond donors (Lipinski definition) is 0. The van der Waals surface area contributed by atoms with Crippen molar-refractivity contribution in [2.24, 2.45) is 0 Å². The van der Waals surface area contributed by atoms with Gasteiger partial charge in [0.1, 0.15) is 0 Å². The first-order valence-corrected chi connectivity index (χ1v) is 28.4.